The molecule has 26 heavy (non-hydrogen) atoms. The molecule has 0 aliphatic carbocycles. The van der Waals surface area contributed by atoms with Crippen LogP contribution in [-0.2, 0) is 0 Å². The van der Waals surface area contributed by atoms with Gasteiger partial charge in [-0.1, -0.05) is 24.3 Å². The Bertz CT molecular complexity index is 969. The lowest BCUT2D eigenvalue weighted by molar-refractivity contribution is 0.101. The molecule has 0 fully saturated rings. The van der Waals surface area contributed by atoms with Crippen LogP contribution in [0.4, 0.5) is 11.4 Å². The molecule has 0 heterocycles. The number of carbonyl (C=O) groups excluding carboxylic acids is 2. The molecule has 0 atom stereocenters. The highest BCUT2D eigenvalue weighted by molar-refractivity contribution is 14.1. The van der Waals surface area contributed by atoms with Crippen LogP contribution >= 0.6 is 22.6 Å². The highest BCUT2D eigenvalue weighted by Gasteiger charge is 2.10. The van der Waals surface area contributed by atoms with Gasteiger partial charge in [-0.25, -0.2) is 0 Å². The van der Waals surface area contributed by atoms with Crippen molar-refractivity contribution < 1.29 is 9.59 Å². The van der Waals surface area contributed by atoms with Crippen molar-refractivity contribution in [3.05, 3.63) is 93.1 Å². The van der Waals surface area contributed by atoms with Gasteiger partial charge in [0.05, 0.1) is 0 Å². The third kappa shape index (κ3) is 4.70. The van der Waals surface area contributed by atoms with E-state index in [2.05, 4.69) is 33.2 Å². The van der Waals surface area contributed by atoms with Gasteiger partial charge in [0.2, 0.25) is 0 Å². The van der Waals surface area contributed by atoms with E-state index in [-0.39, 0.29) is 11.8 Å². The average molecular weight is 456 g/mol. The molecule has 0 aromatic heterocycles. The fraction of sp³-hybridized carbons (Fsp3) is 0.0476. The first-order valence-corrected chi connectivity index (χ1v) is 9.14. The van der Waals surface area contributed by atoms with Crippen molar-refractivity contribution in [2.24, 2.45) is 0 Å². The second-order valence-corrected chi connectivity index (χ2v) is 7.11. The minimum absolute atomic E-state index is 0.209. The van der Waals surface area contributed by atoms with Gasteiger partial charge in [0.1, 0.15) is 0 Å². The first-order valence-electron chi connectivity index (χ1n) is 8.06. The van der Waals surface area contributed by atoms with Gasteiger partial charge in [-0.05, 0) is 83.6 Å². The van der Waals surface area contributed by atoms with Crippen LogP contribution in [0.3, 0.4) is 0 Å². The van der Waals surface area contributed by atoms with Crippen LogP contribution in [0.1, 0.15) is 26.3 Å². The predicted octanol–water partition coefficient (Wildman–Crippen LogP) is 5.10. The lowest BCUT2D eigenvalue weighted by Crippen LogP contribution is -2.14. The van der Waals surface area contributed by atoms with Crippen molar-refractivity contribution in [3.63, 3.8) is 0 Å². The molecule has 3 rings (SSSR count). The number of hydrogen-bond donors (Lipinski definition) is 2. The third-order valence-electron chi connectivity index (χ3n) is 3.75. The molecule has 0 unspecified atom stereocenters. The molecular formula is C21H17IN2O2. The normalized spacial score (nSPS) is 10.2. The van der Waals surface area contributed by atoms with Gasteiger partial charge < -0.3 is 10.6 Å². The van der Waals surface area contributed by atoms with Crippen LogP contribution in [0.25, 0.3) is 0 Å². The lowest BCUT2D eigenvalue weighted by Gasteiger charge is -2.09. The van der Waals surface area contributed by atoms with E-state index in [0.717, 1.165) is 14.8 Å². The minimum Gasteiger partial charge on any atom is -0.322 e. The Morgan fingerprint density at radius 1 is 0.731 bits per heavy atom. The van der Waals surface area contributed by atoms with E-state index < -0.39 is 0 Å². The van der Waals surface area contributed by atoms with Gasteiger partial charge in [-0.15, -0.1) is 0 Å². The van der Waals surface area contributed by atoms with E-state index in [1.165, 1.54) is 0 Å². The quantitative estimate of drug-likeness (QED) is 0.537. The number of rotatable bonds is 4. The molecule has 0 spiro atoms. The largest absolute Gasteiger partial charge is 0.322 e. The first-order chi connectivity index (χ1) is 12.5. The van der Waals surface area contributed by atoms with Gasteiger partial charge in [-0.3, -0.25) is 9.59 Å². The van der Waals surface area contributed by atoms with Gasteiger partial charge in [0.15, 0.2) is 0 Å². The molecule has 130 valence electrons. The van der Waals surface area contributed by atoms with E-state index in [9.17, 15) is 9.59 Å². The summed E-state index contributed by atoms with van der Waals surface area (Å²) in [7, 11) is 0. The Hall–Kier alpha value is -2.67. The van der Waals surface area contributed by atoms with Gasteiger partial charge in [0, 0.05) is 26.1 Å². The highest BCUT2D eigenvalue weighted by Crippen LogP contribution is 2.16. The Balaban J connectivity index is 1.73. The van der Waals surface area contributed by atoms with Crippen molar-refractivity contribution in [1.29, 1.82) is 0 Å². The Morgan fingerprint density at radius 2 is 1.27 bits per heavy atom. The molecule has 0 radical (unpaired) electrons. The number of carbonyl (C=O) groups is 2. The minimum atomic E-state index is -0.221. The summed E-state index contributed by atoms with van der Waals surface area (Å²) in [5.41, 5.74) is 3.44. The van der Waals surface area contributed by atoms with Crippen LogP contribution in [-0.4, -0.2) is 11.8 Å². The fourth-order valence-corrected chi connectivity index (χ4v) is 3.04. The van der Waals surface area contributed by atoms with Crippen molar-refractivity contribution in [2.75, 3.05) is 10.6 Å². The Morgan fingerprint density at radius 3 is 1.88 bits per heavy atom. The maximum absolute atomic E-state index is 12.5. The average Bonchev–Trinajstić information content (AvgIpc) is 2.62. The van der Waals surface area contributed by atoms with E-state index in [1.807, 2.05) is 49.4 Å². The van der Waals surface area contributed by atoms with E-state index in [0.29, 0.717) is 16.8 Å². The number of amides is 2. The van der Waals surface area contributed by atoms with Crippen molar-refractivity contribution in [2.45, 2.75) is 6.92 Å². The van der Waals surface area contributed by atoms with Crippen LogP contribution in [0, 0.1) is 10.5 Å². The van der Waals surface area contributed by atoms with Crippen molar-refractivity contribution in [1.82, 2.24) is 0 Å². The maximum Gasteiger partial charge on any atom is 0.255 e. The predicted molar refractivity (Wildman–Crippen MR) is 113 cm³/mol. The van der Waals surface area contributed by atoms with Gasteiger partial charge in [0.25, 0.3) is 11.8 Å². The van der Waals surface area contributed by atoms with E-state index >= 15 is 0 Å². The zero-order chi connectivity index (χ0) is 18.5. The van der Waals surface area contributed by atoms with Crippen molar-refractivity contribution in [3.8, 4) is 0 Å². The molecule has 0 aliphatic rings. The second-order valence-electron chi connectivity index (χ2n) is 5.87. The Labute approximate surface area is 165 Å². The second kappa shape index (κ2) is 8.14. The highest BCUT2D eigenvalue weighted by atomic mass is 127. The number of anilines is 2. The van der Waals surface area contributed by atoms with Gasteiger partial charge >= 0.3 is 0 Å². The zero-order valence-corrected chi connectivity index (χ0v) is 16.3. The molecule has 0 aliphatic heterocycles. The van der Waals surface area contributed by atoms with Crippen LogP contribution < -0.4 is 10.6 Å². The summed E-state index contributed by atoms with van der Waals surface area (Å²) in [6.07, 6.45) is 0. The van der Waals surface area contributed by atoms with E-state index in [4.69, 9.17) is 0 Å². The Kier molecular flexibility index (Phi) is 5.68. The summed E-state index contributed by atoms with van der Waals surface area (Å²) in [5, 5.41) is 5.70. The molecule has 0 bridgehead atoms. The molecule has 0 saturated heterocycles. The monoisotopic (exact) mass is 456 g/mol. The molecule has 3 aromatic carbocycles. The SMILES string of the molecule is Cc1cccc(NC(=O)c2cccc(NC(=O)c3cccc(I)c3)c2)c1. The van der Waals surface area contributed by atoms with Crippen LogP contribution in [0.5, 0.6) is 0 Å². The fourth-order valence-electron chi connectivity index (χ4n) is 2.50. The molecule has 4 nitrogen and oxygen atoms in total. The van der Waals surface area contributed by atoms with Gasteiger partial charge in [-0.2, -0.15) is 0 Å². The summed E-state index contributed by atoms with van der Waals surface area (Å²) in [5.74, 6) is -0.430. The summed E-state index contributed by atoms with van der Waals surface area (Å²) in [6, 6.07) is 21.8. The number of nitrogens with one attached hydrogen (secondary N) is 2. The summed E-state index contributed by atoms with van der Waals surface area (Å²) >= 11 is 2.16. The van der Waals surface area contributed by atoms with E-state index in [1.54, 1.807) is 30.3 Å². The number of hydrogen-bond acceptors (Lipinski definition) is 2. The number of benzene rings is 3. The van der Waals surface area contributed by atoms with Crippen LogP contribution in [0.2, 0.25) is 0 Å². The number of halogens is 1. The topological polar surface area (TPSA) is 58.2 Å². The molecule has 3 aromatic rings. The maximum atomic E-state index is 12.5. The molecule has 5 heteroatoms. The molecule has 2 amide bonds. The first kappa shape index (κ1) is 18.1. The zero-order valence-electron chi connectivity index (χ0n) is 14.1. The van der Waals surface area contributed by atoms with Crippen molar-refractivity contribution >= 4 is 45.8 Å². The molecular weight excluding hydrogens is 439 g/mol. The molecule has 0 saturated carbocycles. The third-order valence-corrected chi connectivity index (χ3v) is 4.42. The summed E-state index contributed by atoms with van der Waals surface area (Å²) in [6.45, 7) is 1.97. The number of aryl methyl sites for hydroxylation is 1. The molecule has 2 N–H and O–H groups in total. The van der Waals surface area contributed by atoms with Crippen LogP contribution in [0.15, 0.2) is 72.8 Å². The smallest absolute Gasteiger partial charge is 0.255 e. The summed E-state index contributed by atoms with van der Waals surface area (Å²) in [4.78, 5) is 24.8. The standard InChI is InChI=1S/C21H17IN2O2/c1-14-5-2-9-18(11-14)23-21(26)16-7-4-10-19(13-16)24-20(25)15-6-3-8-17(22)12-15/h2-13H,1H3,(H,23,26)(H,24,25). The lowest BCUT2D eigenvalue weighted by atomic mass is 10.1. The summed E-state index contributed by atoms with van der Waals surface area (Å²) < 4.78 is 0.988.